The Balaban J connectivity index is 1.20. The van der Waals surface area contributed by atoms with Crippen molar-refractivity contribution in [3.8, 4) is 5.75 Å². The maximum atomic E-state index is 14.3. The van der Waals surface area contributed by atoms with E-state index in [0.29, 0.717) is 68.2 Å². The zero-order valence-corrected chi connectivity index (χ0v) is 23.7. The van der Waals surface area contributed by atoms with E-state index in [0.717, 1.165) is 37.2 Å². The largest absolute Gasteiger partial charge is 0.492 e. The Morgan fingerprint density at radius 2 is 1.88 bits per heavy atom. The number of carbonyl (C=O) groups is 1. The van der Waals surface area contributed by atoms with Crippen LogP contribution in [0.2, 0.25) is 0 Å². The summed E-state index contributed by atoms with van der Waals surface area (Å²) in [5.74, 6) is 1.84. The molecule has 0 saturated carbocycles. The molecule has 2 aliphatic heterocycles. The van der Waals surface area contributed by atoms with Gasteiger partial charge in [0.25, 0.3) is 0 Å². The molecule has 2 saturated heterocycles. The monoisotopic (exact) mass is 556 g/mol. The molecule has 0 unspecified atom stereocenters. The van der Waals surface area contributed by atoms with E-state index >= 15 is 0 Å². The van der Waals surface area contributed by atoms with Crippen LogP contribution in [-0.4, -0.2) is 60.6 Å². The average Bonchev–Trinajstić information content (AvgIpc) is 2.94. The molecule has 0 bridgehead atoms. The fourth-order valence-corrected chi connectivity index (χ4v) is 5.59. The van der Waals surface area contributed by atoms with Gasteiger partial charge in [-0.2, -0.15) is 4.99 Å². The lowest BCUT2D eigenvalue weighted by atomic mass is 9.84. The van der Waals surface area contributed by atoms with Crippen molar-refractivity contribution in [2.24, 2.45) is 34.2 Å². The Labute approximate surface area is 235 Å². The Hall–Kier alpha value is -3.27. The highest BCUT2D eigenvalue weighted by molar-refractivity contribution is 5.93. The molecule has 10 heteroatoms. The molecule has 0 aliphatic carbocycles. The van der Waals surface area contributed by atoms with Gasteiger partial charge in [-0.25, -0.2) is 18.6 Å². The maximum Gasteiger partial charge on any atom is 0.345 e. The topological polar surface area (TPSA) is 110 Å². The minimum Gasteiger partial charge on any atom is -0.492 e. The van der Waals surface area contributed by atoms with E-state index in [1.165, 1.54) is 6.07 Å². The second kappa shape index (κ2) is 13.4. The van der Waals surface area contributed by atoms with Gasteiger partial charge in [-0.15, -0.1) is 0 Å². The predicted octanol–water partition coefficient (Wildman–Crippen LogP) is 4.93. The fraction of sp³-hybridized carbons (Fsp3) is 0.567. The van der Waals surface area contributed by atoms with E-state index in [1.807, 2.05) is 26.0 Å². The number of amidine groups is 1. The number of hydrogen-bond acceptors (Lipinski definition) is 5. The molecule has 8 nitrogen and oxygen atoms in total. The molecule has 4 rings (SSSR count). The molecule has 2 fully saturated rings. The summed E-state index contributed by atoms with van der Waals surface area (Å²) in [6, 6.07) is 6.80. The number of nitrogens with zero attached hydrogens (tertiary/aromatic N) is 4. The SMILES string of the molecule is CC(C)/C(N)=N/C(=O)N1CCC([C@H](C)CCOc2ccc(N3CC[C@H](c4cc(F)ccc4F)[C@@H](N)C3)nc2)CC1. The van der Waals surface area contributed by atoms with Gasteiger partial charge in [0.1, 0.15) is 29.0 Å². The summed E-state index contributed by atoms with van der Waals surface area (Å²) in [5.41, 5.74) is 12.6. The molecule has 3 heterocycles. The van der Waals surface area contributed by atoms with Crippen LogP contribution >= 0.6 is 0 Å². The smallest absolute Gasteiger partial charge is 0.345 e. The van der Waals surface area contributed by atoms with Crippen LogP contribution < -0.4 is 21.1 Å². The number of pyridine rings is 1. The molecule has 218 valence electrons. The van der Waals surface area contributed by atoms with Gasteiger partial charge in [-0.3, -0.25) is 0 Å². The number of piperidine rings is 2. The van der Waals surface area contributed by atoms with E-state index in [4.69, 9.17) is 16.2 Å². The predicted molar refractivity (Wildman–Crippen MR) is 154 cm³/mol. The minimum absolute atomic E-state index is 0.0592. The van der Waals surface area contributed by atoms with Gasteiger partial charge >= 0.3 is 6.03 Å². The van der Waals surface area contributed by atoms with Gasteiger partial charge in [0, 0.05) is 44.1 Å². The highest BCUT2D eigenvalue weighted by atomic mass is 19.1. The molecule has 3 atom stereocenters. The van der Waals surface area contributed by atoms with E-state index in [1.54, 1.807) is 11.1 Å². The summed E-state index contributed by atoms with van der Waals surface area (Å²) < 4.78 is 33.9. The summed E-state index contributed by atoms with van der Waals surface area (Å²) in [6.07, 6.45) is 5.15. The number of aliphatic imine (C=N–C) groups is 1. The summed E-state index contributed by atoms with van der Waals surface area (Å²) >= 11 is 0. The number of rotatable bonds is 8. The van der Waals surface area contributed by atoms with Crippen LogP contribution in [-0.2, 0) is 0 Å². The first-order valence-electron chi connectivity index (χ1n) is 14.3. The maximum absolute atomic E-state index is 14.3. The molecule has 4 N–H and O–H groups in total. The summed E-state index contributed by atoms with van der Waals surface area (Å²) in [7, 11) is 0. The van der Waals surface area contributed by atoms with Gasteiger partial charge in [-0.05, 0) is 73.4 Å². The molecular weight excluding hydrogens is 514 g/mol. The highest BCUT2D eigenvalue weighted by Gasteiger charge is 2.31. The Morgan fingerprint density at radius 3 is 2.52 bits per heavy atom. The van der Waals surface area contributed by atoms with Gasteiger partial charge in [0.2, 0.25) is 0 Å². The molecule has 0 radical (unpaired) electrons. The van der Waals surface area contributed by atoms with E-state index in [9.17, 15) is 13.6 Å². The van der Waals surface area contributed by atoms with Crippen molar-refractivity contribution < 1.29 is 18.3 Å². The van der Waals surface area contributed by atoms with Crippen LogP contribution in [0.5, 0.6) is 5.75 Å². The Morgan fingerprint density at radius 1 is 1.12 bits per heavy atom. The van der Waals surface area contributed by atoms with Gasteiger partial charge in [-0.1, -0.05) is 20.8 Å². The minimum atomic E-state index is -0.451. The van der Waals surface area contributed by atoms with Crippen molar-refractivity contribution in [2.75, 3.05) is 37.7 Å². The molecule has 1 aromatic carbocycles. The van der Waals surface area contributed by atoms with Gasteiger partial charge in [0.15, 0.2) is 0 Å². The first-order chi connectivity index (χ1) is 19.1. The third kappa shape index (κ3) is 7.47. The quantitative estimate of drug-likeness (QED) is 0.352. The van der Waals surface area contributed by atoms with Crippen LogP contribution in [0.25, 0.3) is 0 Å². The molecule has 1 aromatic heterocycles. The first kappa shape index (κ1) is 29.7. The molecule has 0 spiro atoms. The molecule has 2 aromatic rings. The number of ether oxygens (including phenoxy) is 1. The van der Waals surface area contributed by atoms with E-state index in [-0.39, 0.29) is 23.9 Å². The molecular formula is C30H42F2N6O2. The number of halogens is 2. The van der Waals surface area contributed by atoms with Gasteiger partial charge in [0.05, 0.1) is 12.8 Å². The zero-order chi connectivity index (χ0) is 28.8. The second-order valence-corrected chi connectivity index (χ2v) is 11.4. The highest BCUT2D eigenvalue weighted by Crippen LogP contribution is 2.32. The molecule has 40 heavy (non-hydrogen) atoms. The second-order valence-electron chi connectivity index (χ2n) is 11.4. The van der Waals surface area contributed by atoms with Crippen molar-refractivity contribution >= 4 is 17.7 Å². The number of amides is 2. The first-order valence-corrected chi connectivity index (χ1v) is 14.3. The van der Waals surface area contributed by atoms with Crippen LogP contribution in [0.3, 0.4) is 0 Å². The number of anilines is 1. The summed E-state index contributed by atoms with van der Waals surface area (Å²) in [6.45, 7) is 9.24. The van der Waals surface area contributed by atoms with Crippen molar-refractivity contribution in [1.82, 2.24) is 9.88 Å². The van der Waals surface area contributed by atoms with Gasteiger partial charge < -0.3 is 26.0 Å². The third-order valence-corrected chi connectivity index (χ3v) is 8.33. The lowest BCUT2D eigenvalue weighted by molar-refractivity contribution is 0.149. The fourth-order valence-electron chi connectivity index (χ4n) is 5.59. The summed E-state index contributed by atoms with van der Waals surface area (Å²) in [4.78, 5) is 24.8. The van der Waals surface area contributed by atoms with Crippen molar-refractivity contribution in [2.45, 2.75) is 58.4 Å². The third-order valence-electron chi connectivity index (χ3n) is 8.33. The lowest BCUT2D eigenvalue weighted by Crippen LogP contribution is -2.48. The Bertz CT molecular complexity index is 1170. The van der Waals surface area contributed by atoms with Crippen LogP contribution in [0, 0.1) is 29.4 Å². The van der Waals surface area contributed by atoms with Crippen molar-refractivity contribution in [3.63, 3.8) is 0 Å². The number of carbonyl (C=O) groups excluding carboxylic acids is 1. The molecule has 2 amide bonds. The Kier molecular flexibility index (Phi) is 9.95. The van der Waals surface area contributed by atoms with Crippen LogP contribution in [0.1, 0.15) is 57.9 Å². The number of nitrogens with two attached hydrogens (primary N) is 2. The zero-order valence-electron chi connectivity index (χ0n) is 23.7. The number of urea groups is 1. The molecule has 2 aliphatic rings. The normalized spacial score (nSPS) is 21.5. The van der Waals surface area contributed by atoms with E-state index in [2.05, 4.69) is 21.8 Å². The lowest BCUT2D eigenvalue weighted by Gasteiger charge is -2.37. The number of likely N-dealkylation sites (tertiary alicyclic amines) is 1. The van der Waals surface area contributed by atoms with Crippen molar-refractivity contribution in [3.05, 3.63) is 53.7 Å². The van der Waals surface area contributed by atoms with Crippen LogP contribution in [0.15, 0.2) is 41.5 Å². The standard InChI is InChI=1S/C30H42F2N6O2/c1-19(2)29(34)36-30(39)37-12-8-21(9-13-37)20(3)11-15-40-23-5-7-28(35-17-23)38-14-10-24(27(33)18-38)25-16-22(31)4-6-26(25)32/h4-7,16-17,19-21,24,27H,8-15,18,33H2,1-3H3,(H2,34,36,39)/t20-,24-,27+/m1/s1. The van der Waals surface area contributed by atoms with Crippen LogP contribution in [0.4, 0.5) is 19.4 Å². The summed E-state index contributed by atoms with van der Waals surface area (Å²) in [5, 5.41) is 0. The average molecular weight is 557 g/mol. The number of benzene rings is 1. The van der Waals surface area contributed by atoms with Crippen molar-refractivity contribution in [1.29, 1.82) is 0 Å². The number of aromatic nitrogens is 1. The number of hydrogen-bond donors (Lipinski definition) is 2. The van der Waals surface area contributed by atoms with E-state index < -0.39 is 11.6 Å².